The molecule has 10 aromatic carbocycles. The van der Waals surface area contributed by atoms with E-state index in [2.05, 4.69) is 234 Å². The van der Waals surface area contributed by atoms with E-state index in [1.54, 1.807) is 0 Å². The number of benzene rings is 10. The minimum absolute atomic E-state index is 0.786. The summed E-state index contributed by atoms with van der Waals surface area (Å²) in [6.07, 6.45) is 0. The molecule has 3 heterocycles. The topological polar surface area (TPSA) is 32.8 Å². The normalized spacial score (nSPS) is 14.5. The Morgan fingerprint density at radius 2 is 0.897 bits per heavy atom. The monoisotopic (exact) mass is 886 g/mol. The lowest BCUT2D eigenvalue weighted by Crippen LogP contribution is -2.26. The van der Waals surface area contributed by atoms with E-state index in [1.165, 1.54) is 53.6 Å². The van der Waals surface area contributed by atoms with Gasteiger partial charge in [0.1, 0.15) is 22.3 Å². The van der Waals surface area contributed by atoms with E-state index in [0.29, 0.717) is 0 Å². The van der Waals surface area contributed by atoms with Crippen molar-refractivity contribution in [2.75, 3.05) is 9.80 Å². The number of furan rings is 2. The second-order valence-corrected chi connectivity index (χ2v) is 19.0. The number of thiophene rings is 1. The molecule has 2 aliphatic rings. The Kier molecular flexibility index (Phi) is 7.83. The Morgan fingerprint density at radius 3 is 1.71 bits per heavy atom. The van der Waals surface area contributed by atoms with Crippen molar-refractivity contribution in [2.45, 2.75) is 5.41 Å². The smallest absolute Gasteiger partial charge is 0.159 e. The fourth-order valence-electron chi connectivity index (χ4n) is 11.6. The first-order valence-electron chi connectivity index (χ1n) is 23.2. The molecule has 0 amide bonds. The molecule has 1 spiro atoms. The van der Waals surface area contributed by atoms with Crippen LogP contribution in [0.4, 0.5) is 34.1 Å². The van der Waals surface area contributed by atoms with E-state index in [-0.39, 0.29) is 0 Å². The van der Waals surface area contributed by atoms with Gasteiger partial charge in [-0.1, -0.05) is 140 Å². The molecule has 318 valence electrons. The third-order valence-electron chi connectivity index (χ3n) is 14.4. The van der Waals surface area contributed by atoms with Gasteiger partial charge in [0.25, 0.3) is 0 Å². The average molecular weight is 887 g/mol. The Labute approximate surface area is 395 Å². The Balaban J connectivity index is 1.01. The first kappa shape index (κ1) is 37.6. The second-order valence-electron chi connectivity index (χ2n) is 17.9. The van der Waals surface area contributed by atoms with Crippen molar-refractivity contribution < 1.29 is 8.83 Å². The first-order valence-corrected chi connectivity index (χ1v) is 24.0. The molecule has 0 saturated heterocycles. The van der Waals surface area contributed by atoms with Gasteiger partial charge >= 0.3 is 0 Å². The Hall–Kier alpha value is -8.64. The van der Waals surface area contributed by atoms with E-state index >= 15 is 0 Å². The lowest BCUT2D eigenvalue weighted by Gasteiger charge is -2.32. The summed E-state index contributed by atoms with van der Waals surface area (Å²) in [6.45, 7) is 0. The molecule has 0 bridgehead atoms. The number of anilines is 6. The summed E-state index contributed by atoms with van der Waals surface area (Å²) >= 11 is 1.85. The van der Waals surface area contributed by atoms with Crippen LogP contribution in [0.5, 0.6) is 0 Å². The number of fused-ring (bicyclic) bond motifs is 18. The molecule has 0 aliphatic heterocycles. The van der Waals surface area contributed by atoms with Crippen LogP contribution >= 0.6 is 11.3 Å². The molecule has 0 N–H and O–H groups in total. The van der Waals surface area contributed by atoms with Crippen LogP contribution in [0.25, 0.3) is 75.3 Å². The third kappa shape index (κ3) is 5.14. The molecule has 3 aromatic heterocycles. The van der Waals surface area contributed by atoms with Crippen molar-refractivity contribution in [2.24, 2.45) is 0 Å². The largest absolute Gasteiger partial charge is 0.459 e. The molecule has 0 saturated carbocycles. The predicted molar refractivity (Wildman–Crippen MR) is 282 cm³/mol. The summed E-state index contributed by atoms with van der Waals surface area (Å²) in [5.41, 5.74) is 16.5. The summed E-state index contributed by atoms with van der Waals surface area (Å²) in [5.74, 6) is 0.956. The molecule has 1 unspecified atom stereocenters. The van der Waals surface area contributed by atoms with Gasteiger partial charge in [-0.2, -0.15) is 0 Å². The minimum Gasteiger partial charge on any atom is -0.459 e. The van der Waals surface area contributed by atoms with E-state index in [0.717, 1.165) is 78.4 Å². The van der Waals surface area contributed by atoms with Gasteiger partial charge in [0, 0.05) is 70.3 Å². The number of hydrogen-bond donors (Lipinski definition) is 0. The standard InChI is InChI=1S/C63H38N2O2S/c1-3-16-39(17-4-1)64(41-32-35-59-51(36-41)47-22-10-14-29-58(47)68-59)42-30-33-45-44-20-7-11-25-52(44)63(53(45)37-42)54-38-43(31-34-49(54)60-50-23-9-13-28-57(50)67-62(60)63)65(40-18-5-2-6-19-40)55-26-15-24-48-46-21-8-12-27-56(46)66-61(48)55/h1-38H. The highest BCUT2D eigenvalue weighted by Crippen LogP contribution is 2.66. The highest BCUT2D eigenvalue weighted by molar-refractivity contribution is 7.25. The van der Waals surface area contributed by atoms with E-state index in [1.807, 2.05) is 17.4 Å². The van der Waals surface area contributed by atoms with Crippen molar-refractivity contribution >= 4 is 98.5 Å². The maximum atomic E-state index is 7.31. The van der Waals surface area contributed by atoms with Crippen LogP contribution < -0.4 is 9.80 Å². The van der Waals surface area contributed by atoms with Crippen LogP contribution in [0, 0.1) is 0 Å². The van der Waals surface area contributed by atoms with Gasteiger partial charge in [-0.3, -0.25) is 0 Å². The predicted octanol–water partition coefficient (Wildman–Crippen LogP) is 18.0. The Bertz CT molecular complexity index is 4180. The molecular weight excluding hydrogens is 849 g/mol. The van der Waals surface area contributed by atoms with Crippen molar-refractivity contribution in [3.05, 3.63) is 253 Å². The second kappa shape index (κ2) is 14.2. The molecule has 4 nitrogen and oxygen atoms in total. The van der Waals surface area contributed by atoms with Crippen molar-refractivity contribution in [3.8, 4) is 22.3 Å². The van der Waals surface area contributed by atoms with E-state index in [9.17, 15) is 0 Å². The van der Waals surface area contributed by atoms with Gasteiger partial charge in [0.05, 0.1) is 5.69 Å². The van der Waals surface area contributed by atoms with Gasteiger partial charge in [0.2, 0.25) is 0 Å². The van der Waals surface area contributed by atoms with Crippen LogP contribution in [0.2, 0.25) is 0 Å². The first-order chi connectivity index (χ1) is 33.7. The number of nitrogens with zero attached hydrogens (tertiary/aromatic N) is 2. The molecule has 15 rings (SSSR count). The highest BCUT2D eigenvalue weighted by atomic mass is 32.1. The molecule has 0 fully saturated rings. The number of rotatable bonds is 6. The van der Waals surface area contributed by atoms with E-state index < -0.39 is 5.41 Å². The van der Waals surface area contributed by atoms with Gasteiger partial charge < -0.3 is 18.6 Å². The van der Waals surface area contributed by atoms with Crippen molar-refractivity contribution in [1.82, 2.24) is 0 Å². The zero-order chi connectivity index (χ0) is 44.5. The zero-order valence-corrected chi connectivity index (χ0v) is 37.4. The zero-order valence-electron chi connectivity index (χ0n) is 36.6. The van der Waals surface area contributed by atoms with Crippen molar-refractivity contribution in [3.63, 3.8) is 0 Å². The molecule has 5 heteroatoms. The molecule has 68 heavy (non-hydrogen) atoms. The van der Waals surface area contributed by atoms with Crippen LogP contribution in [0.3, 0.4) is 0 Å². The van der Waals surface area contributed by atoms with Crippen molar-refractivity contribution in [1.29, 1.82) is 0 Å². The highest BCUT2D eigenvalue weighted by Gasteiger charge is 2.55. The van der Waals surface area contributed by atoms with Gasteiger partial charge in [-0.15, -0.1) is 11.3 Å². The molecular formula is C63H38N2O2S. The summed E-state index contributed by atoms with van der Waals surface area (Å²) < 4.78 is 16.7. The average Bonchev–Trinajstić information content (AvgIpc) is 4.20. The summed E-state index contributed by atoms with van der Waals surface area (Å²) in [5, 5.41) is 5.85. The van der Waals surface area contributed by atoms with Crippen LogP contribution in [0.1, 0.15) is 22.5 Å². The number of hydrogen-bond acceptors (Lipinski definition) is 5. The fourth-order valence-corrected chi connectivity index (χ4v) is 12.7. The third-order valence-corrected chi connectivity index (χ3v) is 15.6. The maximum absolute atomic E-state index is 7.31. The fraction of sp³-hybridized carbons (Fsp3) is 0.0159. The van der Waals surface area contributed by atoms with E-state index in [4.69, 9.17) is 8.83 Å². The van der Waals surface area contributed by atoms with Crippen LogP contribution in [0.15, 0.2) is 239 Å². The maximum Gasteiger partial charge on any atom is 0.159 e. The van der Waals surface area contributed by atoms with Gasteiger partial charge in [-0.05, 0) is 124 Å². The summed E-state index contributed by atoms with van der Waals surface area (Å²) in [6, 6.07) is 83.5. The lowest BCUT2D eigenvalue weighted by atomic mass is 9.73. The minimum atomic E-state index is -0.786. The van der Waals surface area contributed by atoms with Gasteiger partial charge in [0.15, 0.2) is 5.58 Å². The lowest BCUT2D eigenvalue weighted by molar-refractivity contribution is 0.507. The SMILES string of the molecule is c1ccc(N(c2ccc3c(c2)C2(c4ccccc4-3)c3cc(N(c4ccccc4)c4cccc5c4oc4ccccc45)ccc3-c3c2oc2ccccc32)c2ccc3sc4ccccc4c3c2)cc1. The molecule has 2 aliphatic carbocycles. The van der Waals surface area contributed by atoms with Crippen LogP contribution in [-0.2, 0) is 5.41 Å². The van der Waals surface area contributed by atoms with Gasteiger partial charge in [-0.25, -0.2) is 0 Å². The molecule has 1 atom stereocenters. The number of para-hydroxylation sites is 5. The van der Waals surface area contributed by atoms with Crippen LogP contribution in [-0.4, -0.2) is 0 Å². The quantitative estimate of drug-likeness (QED) is 0.167. The molecule has 0 radical (unpaired) electrons. The summed E-state index contributed by atoms with van der Waals surface area (Å²) in [7, 11) is 0. The summed E-state index contributed by atoms with van der Waals surface area (Å²) in [4.78, 5) is 4.77. The Morgan fingerprint density at radius 1 is 0.338 bits per heavy atom. The molecule has 13 aromatic rings.